The van der Waals surface area contributed by atoms with Gasteiger partial charge in [-0.05, 0) is 25.5 Å². The van der Waals surface area contributed by atoms with E-state index in [0.717, 1.165) is 22.0 Å². The van der Waals surface area contributed by atoms with E-state index in [2.05, 4.69) is 0 Å². The van der Waals surface area contributed by atoms with Gasteiger partial charge in [-0.2, -0.15) is 0 Å². The van der Waals surface area contributed by atoms with Gasteiger partial charge in [0.15, 0.2) is 5.84 Å². The molecule has 6 nitrogen and oxygen atoms in total. The Labute approximate surface area is 134 Å². The summed E-state index contributed by atoms with van der Waals surface area (Å²) >= 11 is 0. The number of methoxy groups -OCH3 is 1. The Morgan fingerprint density at radius 2 is 1.91 bits per heavy atom. The molecule has 1 aromatic carbocycles. The first-order valence-electron chi connectivity index (χ1n) is 7.30. The van der Waals surface area contributed by atoms with Gasteiger partial charge in [0.1, 0.15) is 0 Å². The fourth-order valence-corrected chi connectivity index (χ4v) is 3.33. The smallest absolute Gasteiger partial charge is 0.336 e. The van der Waals surface area contributed by atoms with E-state index >= 15 is 0 Å². The topological polar surface area (TPSA) is 76.9 Å². The van der Waals surface area contributed by atoms with Crippen molar-refractivity contribution in [3.8, 4) is 0 Å². The number of hydrogen-bond acceptors (Lipinski definition) is 5. The zero-order valence-corrected chi connectivity index (χ0v) is 13.5. The van der Waals surface area contributed by atoms with Crippen molar-refractivity contribution in [1.29, 1.82) is 5.41 Å². The number of carbonyl (C=O) groups excluding carboxylic acids is 1. The van der Waals surface area contributed by atoms with Crippen molar-refractivity contribution in [3.63, 3.8) is 0 Å². The first-order chi connectivity index (χ1) is 10.9. The van der Waals surface area contributed by atoms with E-state index in [1.165, 1.54) is 7.11 Å². The van der Waals surface area contributed by atoms with Crippen LogP contribution in [0.15, 0.2) is 46.8 Å². The number of nitrogens with one attached hydrogen (secondary N) is 1. The summed E-state index contributed by atoms with van der Waals surface area (Å²) in [5, 5.41) is 19.6. The van der Waals surface area contributed by atoms with Crippen LogP contribution in [0.2, 0.25) is 0 Å². The van der Waals surface area contributed by atoms with Gasteiger partial charge in [-0.25, -0.2) is 9.86 Å². The van der Waals surface area contributed by atoms with Gasteiger partial charge in [0.05, 0.1) is 24.3 Å². The molecule has 1 atom stereocenters. The molecule has 0 spiro atoms. The second-order valence-corrected chi connectivity index (χ2v) is 5.70. The van der Waals surface area contributed by atoms with Crippen LogP contribution in [0.1, 0.15) is 25.3 Å². The number of para-hydroxylation sites is 1. The highest BCUT2D eigenvalue weighted by Gasteiger charge is 2.43. The van der Waals surface area contributed by atoms with Gasteiger partial charge in [-0.1, -0.05) is 18.2 Å². The summed E-state index contributed by atoms with van der Waals surface area (Å²) in [6.45, 7) is 3.75. The lowest BCUT2D eigenvalue weighted by Gasteiger charge is -2.41. The van der Waals surface area contributed by atoms with Crippen LogP contribution in [0.4, 0.5) is 5.69 Å². The van der Waals surface area contributed by atoms with Crippen molar-refractivity contribution in [1.82, 2.24) is 4.90 Å². The molecule has 1 aromatic rings. The van der Waals surface area contributed by atoms with Crippen LogP contribution in [0.3, 0.4) is 0 Å². The first kappa shape index (κ1) is 15.3. The lowest BCUT2D eigenvalue weighted by atomic mass is 9.76. The zero-order chi connectivity index (χ0) is 16.9. The molecular weight excluding hydrogens is 294 g/mol. The van der Waals surface area contributed by atoms with E-state index in [1.807, 2.05) is 37.9 Å². The molecule has 0 aliphatic carbocycles. The normalized spacial score (nSPS) is 20.6. The van der Waals surface area contributed by atoms with E-state index in [-0.39, 0.29) is 5.84 Å². The van der Waals surface area contributed by atoms with Crippen LogP contribution in [0.5, 0.6) is 0 Å². The van der Waals surface area contributed by atoms with Gasteiger partial charge in [0, 0.05) is 24.0 Å². The molecular formula is C17H19N3O3. The molecule has 23 heavy (non-hydrogen) atoms. The van der Waals surface area contributed by atoms with E-state index in [0.29, 0.717) is 16.8 Å². The van der Waals surface area contributed by atoms with Crippen molar-refractivity contribution < 1.29 is 14.7 Å². The molecule has 0 radical (unpaired) electrons. The number of benzene rings is 1. The molecule has 0 bridgehead atoms. The molecule has 3 rings (SSSR count). The number of nitrogens with zero attached hydrogens (tertiary/aromatic N) is 2. The van der Waals surface area contributed by atoms with Crippen LogP contribution < -0.4 is 5.06 Å². The minimum Gasteiger partial charge on any atom is -0.466 e. The zero-order valence-electron chi connectivity index (χ0n) is 13.5. The minimum atomic E-state index is -0.418. The lowest BCUT2D eigenvalue weighted by molar-refractivity contribution is -0.136. The largest absolute Gasteiger partial charge is 0.466 e. The first-order valence-corrected chi connectivity index (χ1v) is 7.30. The van der Waals surface area contributed by atoms with Crippen molar-refractivity contribution in [2.75, 3.05) is 19.2 Å². The van der Waals surface area contributed by atoms with Crippen LogP contribution in [0, 0.1) is 5.41 Å². The Morgan fingerprint density at radius 1 is 1.26 bits per heavy atom. The number of rotatable bonds is 1. The molecule has 0 fully saturated rings. The Bertz CT molecular complexity index is 779. The van der Waals surface area contributed by atoms with Crippen LogP contribution in [-0.2, 0) is 9.53 Å². The molecule has 0 aromatic heterocycles. The SMILES string of the molecule is COC(=O)C1=C(C)N(C)C(C)=C2C(=N)N(O)c3ccccc3C21. The van der Waals surface area contributed by atoms with Crippen molar-refractivity contribution in [2.45, 2.75) is 19.8 Å². The van der Waals surface area contributed by atoms with Gasteiger partial charge in [-0.3, -0.25) is 10.6 Å². The van der Waals surface area contributed by atoms with Gasteiger partial charge in [0.2, 0.25) is 0 Å². The van der Waals surface area contributed by atoms with Gasteiger partial charge in [-0.15, -0.1) is 0 Å². The predicted octanol–water partition coefficient (Wildman–Crippen LogP) is 2.62. The summed E-state index contributed by atoms with van der Waals surface area (Å²) in [6, 6.07) is 7.25. The van der Waals surface area contributed by atoms with Crippen LogP contribution in [0.25, 0.3) is 0 Å². The lowest BCUT2D eigenvalue weighted by Crippen LogP contribution is -2.42. The summed E-state index contributed by atoms with van der Waals surface area (Å²) in [7, 11) is 3.19. The summed E-state index contributed by atoms with van der Waals surface area (Å²) in [6.07, 6.45) is 0. The molecule has 120 valence electrons. The summed E-state index contributed by atoms with van der Waals surface area (Å²) in [5.74, 6) is -0.851. The third-order valence-corrected chi connectivity index (χ3v) is 4.71. The summed E-state index contributed by atoms with van der Waals surface area (Å²) < 4.78 is 4.98. The second kappa shape index (κ2) is 5.24. The number of esters is 1. The molecule has 2 aliphatic heterocycles. The van der Waals surface area contributed by atoms with Gasteiger partial charge in [0.25, 0.3) is 0 Å². The Hall–Kier alpha value is -2.60. The minimum absolute atomic E-state index is 0.0213. The number of hydrogen-bond donors (Lipinski definition) is 2. The highest BCUT2D eigenvalue weighted by Crippen LogP contribution is 2.48. The molecule has 2 N–H and O–H groups in total. The van der Waals surface area contributed by atoms with Gasteiger partial charge >= 0.3 is 5.97 Å². The number of amidine groups is 1. The van der Waals surface area contributed by atoms with E-state index < -0.39 is 11.9 Å². The van der Waals surface area contributed by atoms with Crippen molar-refractivity contribution in [3.05, 3.63) is 52.4 Å². The highest BCUT2D eigenvalue weighted by atomic mass is 16.5. The molecule has 6 heteroatoms. The molecule has 0 amide bonds. The number of hydroxylamine groups is 1. The fraction of sp³-hybridized carbons (Fsp3) is 0.294. The molecule has 1 unspecified atom stereocenters. The third kappa shape index (κ3) is 1.98. The average Bonchev–Trinajstić information content (AvgIpc) is 2.56. The molecule has 2 aliphatic rings. The van der Waals surface area contributed by atoms with E-state index in [4.69, 9.17) is 10.1 Å². The standard InChI is InChI=1S/C17H19N3O3/c1-9-13-15(14(17(21)23-4)10(2)19(9)3)11-7-5-6-8-12(11)20(22)16(13)18/h5-8,15,18,22H,1-4H3. The third-order valence-electron chi connectivity index (χ3n) is 4.71. The Morgan fingerprint density at radius 3 is 2.57 bits per heavy atom. The Kier molecular flexibility index (Phi) is 3.49. The highest BCUT2D eigenvalue weighted by molar-refractivity contribution is 6.13. The predicted molar refractivity (Wildman–Crippen MR) is 86.4 cm³/mol. The molecule has 2 heterocycles. The molecule has 0 saturated heterocycles. The maximum atomic E-state index is 12.4. The van der Waals surface area contributed by atoms with Crippen molar-refractivity contribution in [2.24, 2.45) is 0 Å². The van der Waals surface area contributed by atoms with E-state index in [1.54, 1.807) is 12.1 Å². The van der Waals surface area contributed by atoms with Gasteiger partial charge < -0.3 is 9.64 Å². The number of allylic oxidation sites excluding steroid dienone is 2. The maximum absolute atomic E-state index is 12.4. The fourth-order valence-electron chi connectivity index (χ4n) is 3.33. The molecule has 0 saturated carbocycles. The average molecular weight is 313 g/mol. The monoisotopic (exact) mass is 313 g/mol. The summed E-state index contributed by atoms with van der Waals surface area (Å²) in [5.41, 5.74) is 4.03. The summed E-state index contributed by atoms with van der Waals surface area (Å²) in [4.78, 5) is 14.3. The Balaban J connectivity index is 2.34. The maximum Gasteiger partial charge on any atom is 0.336 e. The van der Waals surface area contributed by atoms with Crippen LogP contribution >= 0.6 is 0 Å². The number of ether oxygens (including phenoxy) is 1. The number of anilines is 1. The second-order valence-electron chi connectivity index (χ2n) is 5.70. The number of fused-ring (bicyclic) bond motifs is 3. The van der Waals surface area contributed by atoms with E-state index in [9.17, 15) is 10.0 Å². The quantitative estimate of drug-likeness (QED) is 0.779. The van der Waals surface area contributed by atoms with Crippen LogP contribution in [-0.4, -0.2) is 36.1 Å². The van der Waals surface area contributed by atoms with Crippen molar-refractivity contribution >= 4 is 17.5 Å². The number of carbonyl (C=O) groups is 1.